The average Bonchev–Trinajstić information content (AvgIpc) is 4.00. The maximum atomic E-state index is 6.16. The Morgan fingerprint density at radius 3 is 1.43 bits per heavy atom. The molecule has 0 saturated heterocycles. The Bertz CT molecular complexity index is 3250. The summed E-state index contributed by atoms with van der Waals surface area (Å²) in [5.41, 5.74) is 13.8. The molecule has 54 heavy (non-hydrogen) atoms. The Hall–Kier alpha value is -6.95. The van der Waals surface area contributed by atoms with Gasteiger partial charge in [0.05, 0.1) is 21.3 Å². The molecule has 0 unspecified atom stereocenters. The van der Waals surface area contributed by atoms with Gasteiger partial charge in [0, 0.05) is 43.6 Å². The van der Waals surface area contributed by atoms with Gasteiger partial charge in [-0.2, -0.15) is 0 Å². The fourth-order valence-corrected chi connectivity index (χ4v) is 9.19. The first-order valence-corrected chi connectivity index (χ1v) is 18.9. The summed E-state index contributed by atoms with van der Waals surface area (Å²) in [6.45, 7) is 0. The highest BCUT2D eigenvalue weighted by molar-refractivity contribution is 7.21. The summed E-state index contributed by atoms with van der Waals surface area (Å²) in [7, 11) is 0. The largest absolute Gasteiger partial charge is 0.456 e. The smallest absolute Gasteiger partial charge is 0.135 e. The molecular formula is C49H28N2O2S. The van der Waals surface area contributed by atoms with E-state index in [0.717, 1.165) is 98.9 Å². The van der Waals surface area contributed by atoms with Crippen LogP contribution < -0.4 is 0 Å². The van der Waals surface area contributed by atoms with Gasteiger partial charge in [0.2, 0.25) is 0 Å². The van der Waals surface area contributed by atoms with E-state index in [2.05, 4.69) is 144 Å². The average molecular weight is 709 g/mol. The molecule has 0 aliphatic carbocycles. The molecule has 4 aromatic heterocycles. The molecule has 12 rings (SSSR count). The van der Waals surface area contributed by atoms with E-state index in [9.17, 15) is 0 Å². The van der Waals surface area contributed by atoms with Gasteiger partial charge in [0.1, 0.15) is 27.3 Å². The van der Waals surface area contributed by atoms with E-state index < -0.39 is 0 Å². The predicted molar refractivity (Wildman–Crippen MR) is 225 cm³/mol. The van der Waals surface area contributed by atoms with Gasteiger partial charge in [-0.15, -0.1) is 11.3 Å². The molecule has 4 heterocycles. The number of para-hydroxylation sites is 3. The van der Waals surface area contributed by atoms with Crippen molar-refractivity contribution in [2.45, 2.75) is 0 Å². The van der Waals surface area contributed by atoms with Crippen LogP contribution in [-0.2, 0) is 0 Å². The zero-order valence-corrected chi connectivity index (χ0v) is 29.6. The van der Waals surface area contributed by atoms with Crippen LogP contribution >= 0.6 is 11.3 Å². The lowest BCUT2D eigenvalue weighted by Crippen LogP contribution is -1.94. The summed E-state index contributed by atoms with van der Waals surface area (Å²) in [6.07, 6.45) is 0. The van der Waals surface area contributed by atoms with Crippen molar-refractivity contribution in [1.82, 2.24) is 9.55 Å². The van der Waals surface area contributed by atoms with Gasteiger partial charge in [-0.05, 0) is 119 Å². The van der Waals surface area contributed by atoms with Crippen LogP contribution in [0.15, 0.2) is 179 Å². The van der Waals surface area contributed by atoms with Gasteiger partial charge < -0.3 is 13.4 Å². The van der Waals surface area contributed by atoms with Crippen LogP contribution in [0.4, 0.5) is 0 Å². The van der Waals surface area contributed by atoms with E-state index in [1.807, 2.05) is 30.3 Å². The summed E-state index contributed by atoms with van der Waals surface area (Å²) in [4.78, 5) is 4.92. The van der Waals surface area contributed by atoms with Crippen molar-refractivity contribution in [1.29, 1.82) is 0 Å². The molecular weight excluding hydrogens is 681 g/mol. The lowest BCUT2D eigenvalue weighted by molar-refractivity contribution is 0.668. The summed E-state index contributed by atoms with van der Waals surface area (Å²) in [5.74, 6) is 0. The van der Waals surface area contributed by atoms with Crippen molar-refractivity contribution >= 4 is 87.2 Å². The standard InChI is InChI=1S/C49H28N2O2S/c1-4-10-44-35(7-1)39-27-32(17-23-46(39)52-44)30-15-21-42-37(25-30)38-26-31(33-18-24-47-40(28-33)36-8-2-5-11-45(36)53-47)16-22-43(38)51(42)34-19-13-29(14-20-34)49-50-41-9-3-6-12-48(41)54-49/h1-28H. The van der Waals surface area contributed by atoms with E-state index in [1.165, 1.54) is 15.5 Å². The lowest BCUT2D eigenvalue weighted by atomic mass is 9.98. The Labute approximate surface area is 312 Å². The van der Waals surface area contributed by atoms with Crippen molar-refractivity contribution in [2.24, 2.45) is 0 Å². The Morgan fingerprint density at radius 2 is 0.852 bits per heavy atom. The maximum Gasteiger partial charge on any atom is 0.135 e. The number of aromatic nitrogens is 2. The first-order valence-electron chi connectivity index (χ1n) is 18.1. The SMILES string of the molecule is c1ccc2sc(-c3ccc(-n4c5ccc(-c6ccc7oc8ccccc8c7c6)cc5c5cc(-c6ccc7oc8ccccc8c7c6)ccc54)cc3)nc2c1. The fraction of sp³-hybridized carbons (Fsp3) is 0. The Balaban J connectivity index is 1.04. The monoisotopic (exact) mass is 708 g/mol. The van der Waals surface area contributed by atoms with E-state index in [4.69, 9.17) is 13.8 Å². The second-order valence-corrected chi connectivity index (χ2v) is 15.0. The molecule has 0 amide bonds. The summed E-state index contributed by atoms with van der Waals surface area (Å²) < 4.78 is 15.9. The molecule has 0 bridgehead atoms. The molecule has 12 aromatic rings. The van der Waals surface area contributed by atoms with Gasteiger partial charge in [0.25, 0.3) is 0 Å². The maximum absolute atomic E-state index is 6.16. The van der Waals surface area contributed by atoms with Crippen LogP contribution in [0.2, 0.25) is 0 Å². The zero-order valence-electron chi connectivity index (χ0n) is 28.8. The van der Waals surface area contributed by atoms with E-state index in [1.54, 1.807) is 11.3 Å². The summed E-state index contributed by atoms with van der Waals surface area (Å²) in [5, 5.41) is 7.95. The van der Waals surface area contributed by atoms with Crippen LogP contribution in [0.25, 0.3) is 114 Å². The highest BCUT2D eigenvalue weighted by atomic mass is 32.1. The summed E-state index contributed by atoms with van der Waals surface area (Å²) in [6, 6.07) is 60.5. The Morgan fingerprint density at radius 1 is 0.389 bits per heavy atom. The molecule has 0 saturated carbocycles. The Kier molecular flexibility index (Phi) is 6.18. The number of thiazole rings is 1. The molecule has 0 aliphatic rings. The van der Waals surface area contributed by atoms with E-state index in [0.29, 0.717) is 0 Å². The zero-order chi connectivity index (χ0) is 35.3. The lowest BCUT2D eigenvalue weighted by Gasteiger charge is -2.10. The first kappa shape index (κ1) is 29.6. The third-order valence-corrected chi connectivity index (χ3v) is 11.9. The van der Waals surface area contributed by atoms with Crippen molar-refractivity contribution < 1.29 is 8.83 Å². The molecule has 0 aliphatic heterocycles. The molecule has 5 heteroatoms. The second kappa shape index (κ2) is 11.3. The van der Waals surface area contributed by atoms with Crippen LogP contribution in [-0.4, -0.2) is 9.55 Å². The molecule has 0 spiro atoms. The van der Waals surface area contributed by atoms with Crippen molar-refractivity contribution in [3.63, 3.8) is 0 Å². The third-order valence-electron chi connectivity index (χ3n) is 10.9. The quantitative estimate of drug-likeness (QED) is 0.183. The molecule has 4 nitrogen and oxygen atoms in total. The molecule has 0 atom stereocenters. The van der Waals surface area contributed by atoms with Gasteiger partial charge in [0.15, 0.2) is 0 Å². The predicted octanol–water partition coefficient (Wildman–Crippen LogP) is 14.2. The van der Waals surface area contributed by atoms with Gasteiger partial charge >= 0.3 is 0 Å². The van der Waals surface area contributed by atoms with Gasteiger partial charge in [-0.1, -0.05) is 72.8 Å². The number of hydrogen-bond donors (Lipinski definition) is 0. The first-order chi connectivity index (χ1) is 26.7. The molecule has 252 valence electrons. The number of rotatable bonds is 4. The highest BCUT2D eigenvalue weighted by Gasteiger charge is 2.17. The van der Waals surface area contributed by atoms with Crippen LogP contribution in [0.1, 0.15) is 0 Å². The van der Waals surface area contributed by atoms with Crippen molar-refractivity contribution in [3.05, 3.63) is 170 Å². The molecule has 0 fully saturated rings. The van der Waals surface area contributed by atoms with Gasteiger partial charge in [-0.3, -0.25) is 0 Å². The molecule has 0 radical (unpaired) electrons. The van der Waals surface area contributed by atoms with Crippen LogP contribution in [0, 0.1) is 0 Å². The number of nitrogens with zero attached hydrogens (tertiary/aromatic N) is 2. The summed E-state index contributed by atoms with van der Waals surface area (Å²) >= 11 is 1.73. The third kappa shape index (κ3) is 4.46. The second-order valence-electron chi connectivity index (χ2n) is 14.0. The number of fused-ring (bicyclic) bond motifs is 10. The topological polar surface area (TPSA) is 44.1 Å². The van der Waals surface area contributed by atoms with Crippen LogP contribution in [0.5, 0.6) is 0 Å². The molecule has 0 N–H and O–H groups in total. The van der Waals surface area contributed by atoms with Crippen molar-refractivity contribution in [3.8, 4) is 38.5 Å². The fourth-order valence-electron chi connectivity index (χ4n) is 8.22. The number of furan rings is 2. The normalized spacial score (nSPS) is 12.1. The van der Waals surface area contributed by atoms with E-state index >= 15 is 0 Å². The van der Waals surface area contributed by atoms with Crippen molar-refractivity contribution in [2.75, 3.05) is 0 Å². The number of hydrogen-bond acceptors (Lipinski definition) is 4. The minimum Gasteiger partial charge on any atom is -0.456 e. The van der Waals surface area contributed by atoms with Crippen LogP contribution in [0.3, 0.4) is 0 Å². The number of benzene rings is 8. The van der Waals surface area contributed by atoms with E-state index in [-0.39, 0.29) is 0 Å². The minimum atomic E-state index is 0.902. The van der Waals surface area contributed by atoms with Gasteiger partial charge in [-0.25, -0.2) is 4.98 Å². The highest BCUT2D eigenvalue weighted by Crippen LogP contribution is 2.40. The molecule has 8 aromatic carbocycles. The minimum absolute atomic E-state index is 0.902.